The maximum atomic E-state index is 5.18. The topological polar surface area (TPSA) is 27.1 Å². The monoisotopic (exact) mass is 166 g/mol. The standard InChI is InChI=1S/C7H6N2OS/c1-5-7(11)9-4-8-2-6(9)3-10-5/h2,4H,1,3H2. The summed E-state index contributed by atoms with van der Waals surface area (Å²) in [4.78, 5) is 4.54. The predicted octanol–water partition coefficient (Wildman–Crippen LogP) is 1.10. The fourth-order valence-corrected chi connectivity index (χ4v) is 1.19. The van der Waals surface area contributed by atoms with Gasteiger partial charge in [-0.1, -0.05) is 18.8 Å². The van der Waals surface area contributed by atoms with E-state index < -0.39 is 0 Å². The average molecular weight is 166 g/mol. The van der Waals surface area contributed by atoms with Crippen LogP contribution in [-0.4, -0.2) is 14.5 Å². The molecule has 1 aliphatic rings. The maximum Gasteiger partial charge on any atom is 0.153 e. The van der Waals surface area contributed by atoms with Crippen LogP contribution < -0.4 is 0 Å². The fourth-order valence-electron chi connectivity index (χ4n) is 0.969. The molecule has 2 heterocycles. The molecule has 0 saturated heterocycles. The first-order valence-electron chi connectivity index (χ1n) is 3.16. The van der Waals surface area contributed by atoms with Gasteiger partial charge < -0.3 is 4.74 Å². The lowest BCUT2D eigenvalue weighted by Gasteiger charge is -2.18. The molecule has 1 aromatic heterocycles. The Labute approximate surface area is 69.3 Å². The number of thiocarbonyl (C=S) groups is 1. The van der Waals surface area contributed by atoms with Crippen LogP contribution in [0, 0.1) is 0 Å². The lowest BCUT2D eigenvalue weighted by atomic mass is 10.4. The summed E-state index contributed by atoms with van der Waals surface area (Å²) in [5, 5.41) is 0. The second kappa shape index (κ2) is 2.17. The predicted molar refractivity (Wildman–Crippen MR) is 44.2 cm³/mol. The number of allylic oxidation sites excluding steroid dienone is 1. The molecule has 0 aromatic carbocycles. The van der Waals surface area contributed by atoms with Gasteiger partial charge in [-0.15, -0.1) is 0 Å². The molecule has 4 heteroatoms. The molecule has 0 unspecified atom stereocenters. The van der Waals surface area contributed by atoms with E-state index in [1.165, 1.54) is 0 Å². The van der Waals surface area contributed by atoms with Gasteiger partial charge in [-0.3, -0.25) is 4.57 Å². The van der Waals surface area contributed by atoms with Crippen molar-refractivity contribution in [3.8, 4) is 0 Å². The smallest absolute Gasteiger partial charge is 0.153 e. The Morgan fingerprint density at radius 2 is 2.55 bits per heavy atom. The third kappa shape index (κ3) is 0.867. The van der Waals surface area contributed by atoms with Crippen LogP contribution in [0.5, 0.6) is 0 Å². The number of rotatable bonds is 0. The zero-order chi connectivity index (χ0) is 7.84. The van der Waals surface area contributed by atoms with Crippen molar-refractivity contribution >= 4 is 17.2 Å². The van der Waals surface area contributed by atoms with Gasteiger partial charge in [0.2, 0.25) is 0 Å². The average Bonchev–Trinajstić information content (AvgIpc) is 2.45. The van der Waals surface area contributed by atoms with Gasteiger partial charge in [0.15, 0.2) is 4.99 Å². The quantitative estimate of drug-likeness (QED) is 0.426. The Morgan fingerprint density at radius 1 is 1.73 bits per heavy atom. The molecular weight excluding hydrogens is 160 g/mol. The number of ether oxygens (including phenoxy) is 1. The van der Waals surface area contributed by atoms with Crippen molar-refractivity contribution in [2.75, 3.05) is 0 Å². The zero-order valence-corrected chi connectivity index (χ0v) is 6.60. The van der Waals surface area contributed by atoms with Crippen LogP contribution in [-0.2, 0) is 11.3 Å². The van der Waals surface area contributed by atoms with Crippen molar-refractivity contribution in [1.82, 2.24) is 9.55 Å². The summed E-state index contributed by atoms with van der Waals surface area (Å²) in [5.41, 5.74) is 0.974. The first-order valence-corrected chi connectivity index (χ1v) is 3.57. The SMILES string of the molecule is C=C1OCc2cncn2C1=S. The molecule has 1 aliphatic heterocycles. The molecule has 11 heavy (non-hydrogen) atoms. The number of hydrogen-bond donors (Lipinski definition) is 0. The van der Waals surface area contributed by atoms with Crippen molar-refractivity contribution in [2.24, 2.45) is 0 Å². The third-order valence-corrected chi connectivity index (χ3v) is 1.99. The van der Waals surface area contributed by atoms with Crippen LogP contribution in [0.3, 0.4) is 0 Å². The highest BCUT2D eigenvalue weighted by molar-refractivity contribution is 7.80. The third-order valence-electron chi connectivity index (χ3n) is 1.57. The van der Waals surface area contributed by atoms with E-state index >= 15 is 0 Å². The van der Waals surface area contributed by atoms with Crippen LogP contribution in [0.15, 0.2) is 24.9 Å². The number of fused-ring (bicyclic) bond motifs is 1. The molecule has 1 aromatic rings. The Kier molecular flexibility index (Phi) is 1.29. The molecule has 0 fully saturated rings. The van der Waals surface area contributed by atoms with Gasteiger partial charge in [0, 0.05) is 0 Å². The van der Waals surface area contributed by atoms with Gasteiger partial charge in [0.25, 0.3) is 0 Å². The van der Waals surface area contributed by atoms with Crippen LogP contribution in [0.2, 0.25) is 0 Å². The first-order chi connectivity index (χ1) is 5.29. The van der Waals surface area contributed by atoms with Gasteiger partial charge >= 0.3 is 0 Å². The van der Waals surface area contributed by atoms with Gasteiger partial charge in [-0.05, 0) is 0 Å². The second-order valence-corrected chi connectivity index (χ2v) is 2.66. The van der Waals surface area contributed by atoms with Gasteiger partial charge in [-0.25, -0.2) is 4.98 Å². The summed E-state index contributed by atoms with van der Waals surface area (Å²) < 4.78 is 6.99. The van der Waals surface area contributed by atoms with Gasteiger partial charge in [-0.2, -0.15) is 0 Å². The highest BCUT2D eigenvalue weighted by Gasteiger charge is 2.16. The van der Waals surface area contributed by atoms with Crippen molar-refractivity contribution in [3.63, 3.8) is 0 Å². The van der Waals surface area contributed by atoms with E-state index in [4.69, 9.17) is 17.0 Å². The number of imidazole rings is 1. The molecular formula is C7H6N2OS. The molecule has 0 N–H and O–H groups in total. The van der Waals surface area contributed by atoms with E-state index in [-0.39, 0.29) is 0 Å². The molecule has 0 atom stereocenters. The summed E-state index contributed by atoms with van der Waals surface area (Å²) >= 11 is 5.04. The molecule has 0 spiro atoms. The molecule has 0 saturated carbocycles. The molecule has 56 valence electrons. The lowest BCUT2D eigenvalue weighted by Crippen LogP contribution is -2.20. The normalized spacial score (nSPS) is 16.0. The van der Waals surface area contributed by atoms with Crippen LogP contribution in [0.4, 0.5) is 0 Å². The zero-order valence-electron chi connectivity index (χ0n) is 5.78. The van der Waals surface area contributed by atoms with Gasteiger partial charge in [0.1, 0.15) is 18.7 Å². The van der Waals surface area contributed by atoms with E-state index in [1.54, 1.807) is 17.1 Å². The maximum absolute atomic E-state index is 5.18. The number of aromatic nitrogens is 2. The highest BCUT2D eigenvalue weighted by atomic mass is 32.1. The largest absolute Gasteiger partial charge is 0.485 e. The van der Waals surface area contributed by atoms with Crippen molar-refractivity contribution in [2.45, 2.75) is 6.61 Å². The summed E-state index contributed by atoms with van der Waals surface area (Å²) in [5.74, 6) is 0.547. The fraction of sp³-hybridized carbons (Fsp3) is 0.143. The minimum Gasteiger partial charge on any atom is -0.485 e. The van der Waals surface area contributed by atoms with Crippen molar-refractivity contribution in [1.29, 1.82) is 0 Å². The summed E-state index contributed by atoms with van der Waals surface area (Å²) in [6.45, 7) is 4.17. The number of nitrogens with zero attached hydrogens (tertiary/aromatic N) is 2. The lowest BCUT2D eigenvalue weighted by molar-refractivity contribution is 0.204. The Morgan fingerprint density at radius 3 is 3.36 bits per heavy atom. The molecule has 0 bridgehead atoms. The second-order valence-electron chi connectivity index (χ2n) is 2.27. The van der Waals surface area contributed by atoms with E-state index in [1.807, 2.05) is 0 Å². The minimum absolute atomic E-state index is 0.513. The van der Waals surface area contributed by atoms with Crippen LogP contribution >= 0.6 is 12.2 Å². The molecule has 0 aliphatic carbocycles. The molecule has 0 radical (unpaired) electrons. The van der Waals surface area contributed by atoms with Crippen LogP contribution in [0.25, 0.3) is 0 Å². The van der Waals surface area contributed by atoms with E-state index in [9.17, 15) is 0 Å². The van der Waals surface area contributed by atoms with Crippen molar-refractivity contribution in [3.05, 3.63) is 30.6 Å². The minimum atomic E-state index is 0.513. The van der Waals surface area contributed by atoms with Crippen molar-refractivity contribution < 1.29 is 4.74 Å². The van der Waals surface area contributed by atoms with E-state index in [0.29, 0.717) is 17.4 Å². The summed E-state index contributed by atoms with van der Waals surface area (Å²) in [6.07, 6.45) is 3.41. The molecule has 2 rings (SSSR count). The molecule has 3 nitrogen and oxygen atoms in total. The number of hydrogen-bond acceptors (Lipinski definition) is 3. The van der Waals surface area contributed by atoms with Crippen LogP contribution in [0.1, 0.15) is 5.69 Å². The summed E-state index contributed by atoms with van der Waals surface area (Å²) in [7, 11) is 0. The Hall–Kier alpha value is -1.16. The summed E-state index contributed by atoms with van der Waals surface area (Å²) in [6, 6.07) is 0. The van der Waals surface area contributed by atoms with E-state index in [2.05, 4.69) is 11.6 Å². The van der Waals surface area contributed by atoms with Gasteiger partial charge in [0.05, 0.1) is 11.9 Å². The Balaban J connectivity index is 2.54. The highest BCUT2D eigenvalue weighted by Crippen LogP contribution is 2.14. The molecule has 0 amide bonds. The first kappa shape index (κ1) is 6.54. The van der Waals surface area contributed by atoms with E-state index in [0.717, 1.165) is 5.69 Å². The Bertz CT molecular complexity index is 329.